The fraction of sp³-hybridized carbons (Fsp3) is 0.467. The van der Waals surface area contributed by atoms with Crippen molar-refractivity contribution in [3.05, 3.63) is 29.8 Å². The molecule has 1 aliphatic rings. The van der Waals surface area contributed by atoms with Crippen molar-refractivity contribution in [1.29, 1.82) is 0 Å². The van der Waals surface area contributed by atoms with Gasteiger partial charge in [-0.3, -0.25) is 10.1 Å². The van der Waals surface area contributed by atoms with Gasteiger partial charge in [-0.2, -0.15) is 0 Å². The molecule has 2 rings (SSSR count). The molecule has 1 saturated heterocycles. The Kier molecular flexibility index (Phi) is 5.14. The lowest BCUT2D eigenvalue weighted by atomic mass is 10.2. The summed E-state index contributed by atoms with van der Waals surface area (Å²) in [5, 5.41) is 3.21. The van der Waals surface area contributed by atoms with E-state index in [9.17, 15) is 4.79 Å². The van der Waals surface area contributed by atoms with Gasteiger partial charge in [0.1, 0.15) is 5.75 Å². The van der Waals surface area contributed by atoms with Crippen molar-refractivity contribution < 1.29 is 14.3 Å². The van der Waals surface area contributed by atoms with E-state index in [0.717, 1.165) is 0 Å². The average molecular weight is 308 g/mol. The molecule has 0 radical (unpaired) electrons. The predicted octanol–water partition coefficient (Wildman–Crippen LogP) is 1.82. The van der Waals surface area contributed by atoms with Gasteiger partial charge in [0.05, 0.1) is 19.3 Å². The summed E-state index contributed by atoms with van der Waals surface area (Å²) < 4.78 is 10.7. The molecule has 0 bridgehead atoms. The first kappa shape index (κ1) is 15.7. The SMILES string of the molecule is COc1ccc(C(=O)NC(=S)N2C[C@H](C)O[C@@H](C)C2)cc1. The Labute approximate surface area is 130 Å². The smallest absolute Gasteiger partial charge is 0.257 e. The van der Waals surface area contributed by atoms with Crippen molar-refractivity contribution in [2.75, 3.05) is 20.2 Å². The molecule has 0 saturated carbocycles. The lowest BCUT2D eigenvalue weighted by Gasteiger charge is -2.36. The predicted molar refractivity (Wildman–Crippen MR) is 84.6 cm³/mol. The summed E-state index contributed by atoms with van der Waals surface area (Å²) in [5.74, 6) is 0.499. The lowest BCUT2D eigenvalue weighted by Crippen LogP contribution is -2.52. The van der Waals surface area contributed by atoms with E-state index in [0.29, 0.717) is 29.5 Å². The first-order valence-corrected chi connectivity index (χ1v) is 7.30. The summed E-state index contributed by atoms with van der Waals surface area (Å²) in [6, 6.07) is 6.91. The van der Waals surface area contributed by atoms with Crippen molar-refractivity contribution in [1.82, 2.24) is 10.2 Å². The molecule has 2 atom stereocenters. The van der Waals surface area contributed by atoms with Crippen LogP contribution in [0.4, 0.5) is 0 Å². The average Bonchev–Trinajstić information content (AvgIpc) is 2.46. The molecular weight excluding hydrogens is 288 g/mol. The number of rotatable bonds is 2. The van der Waals surface area contributed by atoms with Crippen molar-refractivity contribution >= 4 is 23.2 Å². The van der Waals surface area contributed by atoms with E-state index in [-0.39, 0.29) is 18.1 Å². The molecule has 1 aromatic carbocycles. The Balaban J connectivity index is 1.96. The summed E-state index contributed by atoms with van der Waals surface area (Å²) in [6.07, 6.45) is 0.203. The van der Waals surface area contributed by atoms with Crippen LogP contribution in [0.25, 0.3) is 0 Å². The normalized spacial score (nSPS) is 21.8. The minimum atomic E-state index is -0.213. The van der Waals surface area contributed by atoms with Crippen LogP contribution in [0.5, 0.6) is 5.75 Å². The van der Waals surface area contributed by atoms with Crippen molar-refractivity contribution in [3.63, 3.8) is 0 Å². The standard InChI is InChI=1S/C15H20N2O3S/c1-10-8-17(9-11(2)20-10)15(21)16-14(18)12-4-6-13(19-3)7-5-12/h4-7,10-11H,8-9H2,1-3H3,(H,16,18,21)/t10-,11-/m0/s1. The largest absolute Gasteiger partial charge is 0.497 e. The summed E-state index contributed by atoms with van der Waals surface area (Å²) in [5.41, 5.74) is 0.549. The topological polar surface area (TPSA) is 50.8 Å². The minimum absolute atomic E-state index is 0.101. The molecule has 1 aromatic rings. The lowest BCUT2D eigenvalue weighted by molar-refractivity contribution is -0.0481. The fourth-order valence-corrected chi connectivity index (χ4v) is 2.58. The zero-order valence-corrected chi connectivity index (χ0v) is 13.3. The van der Waals surface area contributed by atoms with Crippen molar-refractivity contribution in [3.8, 4) is 5.75 Å². The van der Waals surface area contributed by atoms with Crippen LogP contribution in [0.3, 0.4) is 0 Å². The molecular formula is C15H20N2O3S. The van der Waals surface area contributed by atoms with Crippen LogP contribution in [-0.2, 0) is 4.74 Å². The minimum Gasteiger partial charge on any atom is -0.497 e. The number of amides is 1. The van der Waals surface area contributed by atoms with Gasteiger partial charge < -0.3 is 14.4 Å². The number of hydrogen-bond donors (Lipinski definition) is 1. The number of hydrogen-bond acceptors (Lipinski definition) is 4. The molecule has 0 aromatic heterocycles. The number of thiocarbonyl (C=S) groups is 1. The molecule has 5 nitrogen and oxygen atoms in total. The maximum atomic E-state index is 12.2. The van der Waals surface area contributed by atoms with E-state index in [4.69, 9.17) is 21.7 Å². The molecule has 1 amide bonds. The second-order valence-electron chi connectivity index (χ2n) is 5.15. The van der Waals surface area contributed by atoms with Gasteiger partial charge >= 0.3 is 0 Å². The number of benzene rings is 1. The molecule has 0 aliphatic carbocycles. The summed E-state index contributed by atoms with van der Waals surface area (Å²) in [7, 11) is 1.59. The van der Waals surface area contributed by atoms with Gasteiger partial charge in [-0.15, -0.1) is 0 Å². The second kappa shape index (κ2) is 6.87. The van der Waals surface area contributed by atoms with Gasteiger partial charge in [-0.05, 0) is 50.3 Å². The molecule has 1 heterocycles. The van der Waals surface area contributed by atoms with Gasteiger partial charge in [0.2, 0.25) is 0 Å². The number of nitrogens with one attached hydrogen (secondary N) is 1. The first-order valence-electron chi connectivity index (χ1n) is 6.89. The van der Waals surface area contributed by atoms with Crippen LogP contribution in [-0.4, -0.2) is 48.3 Å². The highest BCUT2D eigenvalue weighted by Crippen LogP contribution is 2.13. The van der Waals surface area contributed by atoms with Crippen LogP contribution in [0.1, 0.15) is 24.2 Å². The molecule has 21 heavy (non-hydrogen) atoms. The Hall–Kier alpha value is -1.66. The van der Waals surface area contributed by atoms with Gasteiger partial charge in [0.15, 0.2) is 5.11 Å². The number of ether oxygens (including phenoxy) is 2. The summed E-state index contributed by atoms with van der Waals surface area (Å²) >= 11 is 5.32. The molecule has 6 heteroatoms. The second-order valence-corrected chi connectivity index (χ2v) is 5.54. The van der Waals surface area contributed by atoms with Crippen molar-refractivity contribution in [2.45, 2.75) is 26.1 Å². The van der Waals surface area contributed by atoms with Gasteiger partial charge in [-0.1, -0.05) is 0 Å². The Bertz CT molecular complexity index is 508. The van der Waals surface area contributed by atoms with Gasteiger partial charge in [-0.25, -0.2) is 0 Å². The van der Waals surface area contributed by atoms with Crippen LogP contribution < -0.4 is 10.1 Å². The molecule has 0 unspecified atom stereocenters. The Morgan fingerprint density at radius 2 is 1.86 bits per heavy atom. The third-order valence-corrected chi connectivity index (χ3v) is 3.64. The van der Waals surface area contributed by atoms with E-state index in [1.165, 1.54) is 0 Å². The molecule has 1 aliphatic heterocycles. The number of methoxy groups -OCH3 is 1. The Morgan fingerprint density at radius 3 is 2.38 bits per heavy atom. The summed E-state index contributed by atoms with van der Waals surface area (Å²) in [4.78, 5) is 14.1. The zero-order chi connectivity index (χ0) is 15.4. The monoisotopic (exact) mass is 308 g/mol. The van der Waals surface area contributed by atoms with Crippen LogP contribution in [0.2, 0.25) is 0 Å². The quantitative estimate of drug-likeness (QED) is 0.845. The van der Waals surface area contributed by atoms with Crippen LogP contribution in [0.15, 0.2) is 24.3 Å². The number of morpholine rings is 1. The Morgan fingerprint density at radius 1 is 1.29 bits per heavy atom. The maximum absolute atomic E-state index is 12.2. The van der Waals surface area contributed by atoms with Gasteiger partial charge in [0.25, 0.3) is 5.91 Å². The fourth-order valence-electron chi connectivity index (χ4n) is 2.33. The highest BCUT2D eigenvalue weighted by atomic mass is 32.1. The van der Waals surface area contributed by atoms with Gasteiger partial charge in [0, 0.05) is 18.7 Å². The van der Waals surface area contributed by atoms with Crippen LogP contribution in [0, 0.1) is 0 Å². The highest BCUT2D eigenvalue weighted by molar-refractivity contribution is 7.80. The maximum Gasteiger partial charge on any atom is 0.257 e. The number of carbonyl (C=O) groups excluding carboxylic acids is 1. The van der Waals surface area contributed by atoms with Crippen LogP contribution >= 0.6 is 12.2 Å². The number of nitrogens with zero attached hydrogens (tertiary/aromatic N) is 1. The molecule has 114 valence electrons. The zero-order valence-electron chi connectivity index (χ0n) is 12.5. The number of carbonyl (C=O) groups is 1. The highest BCUT2D eigenvalue weighted by Gasteiger charge is 2.24. The van der Waals surface area contributed by atoms with Crippen molar-refractivity contribution in [2.24, 2.45) is 0 Å². The van der Waals surface area contributed by atoms with E-state index in [1.807, 2.05) is 18.7 Å². The van der Waals surface area contributed by atoms with E-state index in [2.05, 4.69) is 5.32 Å². The first-order chi connectivity index (χ1) is 9.99. The molecule has 0 spiro atoms. The third kappa shape index (κ3) is 4.15. The third-order valence-electron chi connectivity index (χ3n) is 3.28. The van der Waals surface area contributed by atoms with E-state index < -0.39 is 0 Å². The molecule has 1 N–H and O–H groups in total. The van der Waals surface area contributed by atoms with E-state index in [1.54, 1.807) is 31.4 Å². The summed E-state index contributed by atoms with van der Waals surface area (Å²) in [6.45, 7) is 5.37. The van der Waals surface area contributed by atoms with E-state index >= 15 is 0 Å². The molecule has 1 fully saturated rings.